The van der Waals surface area contributed by atoms with E-state index in [0.717, 1.165) is 18.1 Å². The van der Waals surface area contributed by atoms with E-state index in [0.29, 0.717) is 5.92 Å². The molecule has 1 N–H and O–H groups in total. The second-order valence-corrected chi connectivity index (χ2v) is 6.20. The second-order valence-electron chi connectivity index (χ2n) is 4.95. The van der Waals surface area contributed by atoms with Crippen molar-refractivity contribution in [3.8, 4) is 5.69 Å². The Bertz CT molecular complexity index is 537. The van der Waals surface area contributed by atoms with E-state index in [9.17, 15) is 0 Å². The number of rotatable bonds is 5. The van der Waals surface area contributed by atoms with Crippen LogP contribution in [0.5, 0.6) is 0 Å². The molecule has 19 heavy (non-hydrogen) atoms. The number of hydrogen-bond acceptors (Lipinski definition) is 4. The normalized spacial score (nSPS) is 12.9. The molecule has 6 heteroatoms. The molecule has 0 spiro atoms. The van der Waals surface area contributed by atoms with Gasteiger partial charge in [0.05, 0.1) is 11.7 Å². The van der Waals surface area contributed by atoms with Gasteiger partial charge in [-0.15, -0.1) is 5.10 Å². The van der Waals surface area contributed by atoms with Crippen molar-refractivity contribution in [3.63, 3.8) is 0 Å². The van der Waals surface area contributed by atoms with E-state index in [-0.39, 0.29) is 6.04 Å². The molecule has 2 aromatic rings. The topological polar surface area (TPSA) is 55.6 Å². The summed E-state index contributed by atoms with van der Waals surface area (Å²) >= 11 is 2.29. The predicted octanol–water partition coefficient (Wildman–Crippen LogP) is 2.57. The fraction of sp³-hybridized carbons (Fsp3) is 0.462. The average molecular weight is 371 g/mol. The van der Waals surface area contributed by atoms with Crippen molar-refractivity contribution in [3.05, 3.63) is 33.7 Å². The first-order valence-corrected chi connectivity index (χ1v) is 7.43. The van der Waals surface area contributed by atoms with E-state index in [2.05, 4.69) is 76.3 Å². The van der Waals surface area contributed by atoms with Gasteiger partial charge in [-0.1, -0.05) is 19.9 Å². The highest BCUT2D eigenvalue weighted by molar-refractivity contribution is 14.1. The minimum absolute atomic E-state index is 0.121. The molecule has 1 aromatic carbocycles. The minimum atomic E-state index is 0.121. The molecular formula is C13H18IN5. The molecule has 5 nitrogen and oxygen atoms in total. The third-order valence-corrected chi connectivity index (χ3v) is 3.44. The summed E-state index contributed by atoms with van der Waals surface area (Å²) in [5.41, 5.74) is 0.991. The zero-order valence-electron chi connectivity index (χ0n) is 11.3. The number of hydrogen-bond donors (Lipinski definition) is 1. The maximum atomic E-state index is 4.14. The van der Waals surface area contributed by atoms with Gasteiger partial charge in [0, 0.05) is 3.57 Å². The third-order valence-electron chi connectivity index (χ3n) is 2.77. The van der Waals surface area contributed by atoms with Crippen LogP contribution in [0.1, 0.15) is 32.6 Å². The quantitative estimate of drug-likeness (QED) is 0.821. The van der Waals surface area contributed by atoms with Crippen LogP contribution in [0.4, 0.5) is 0 Å². The molecule has 0 radical (unpaired) electrons. The first kappa shape index (κ1) is 14.4. The number of tetrazole rings is 1. The molecule has 1 aromatic heterocycles. The van der Waals surface area contributed by atoms with Gasteiger partial charge >= 0.3 is 0 Å². The largest absolute Gasteiger partial charge is 0.307 e. The highest BCUT2D eigenvalue weighted by Gasteiger charge is 2.15. The Kier molecular flexibility index (Phi) is 4.87. The van der Waals surface area contributed by atoms with Crippen LogP contribution in [-0.4, -0.2) is 26.8 Å². The van der Waals surface area contributed by atoms with Gasteiger partial charge in [-0.05, 0) is 70.6 Å². The number of aromatic nitrogens is 4. The molecule has 102 valence electrons. The van der Waals surface area contributed by atoms with Crippen LogP contribution in [0.15, 0.2) is 24.3 Å². The van der Waals surface area contributed by atoms with Crippen LogP contribution in [0.2, 0.25) is 0 Å². The van der Waals surface area contributed by atoms with Gasteiger partial charge in [-0.3, -0.25) is 0 Å². The Morgan fingerprint density at radius 2 is 2.11 bits per heavy atom. The summed E-state index contributed by atoms with van der Waals surface area (Å²) in [4.78, 5) is 0. The summed E-state index contributed by atoms with van der Waals surface area (Å²) < 4.78 is 2.96. The predicted molar refractivity (Wildman–Crippen MR) is 83.1 cm³/mol. The lowest BCUT2D eigenvalue weighted by molar-refractivity contribution is 0.475. The van der Waals surface area contributed by atoms with Crippen LogP contribution in [0.3, 0.4) is 0 Å². The van der Waals surface area contributed by atoms with Crippen LogP contribution in [0, 0.1) is 9.49 Å². The molecule has 1 unspecified atom stereocenters. The number of halogens is 1. The summed E-state index contributed by atoms with van der Waals surface area (Å²) in [5.74, 6) is 1.44. The second kappa shape index (κ2) is 6.42. The van der Waals surface area contributed by atoms with E-state index in [4.69, 9.17) is 0 Å². The molecule has 0 aliphatic heterocycles. The van der Waals surface area contributed by atoms with E-state index < -0.39 is 0 Å². The van der Waals surface area contributed by atoms with Gasteiger partial charge < -0.3 is 5.32 Å². The summed E-state index contributed by atoms with van der Waals surface area (Å²) in [5, 5.41) is 15.5. The maximum Gasteiger partial charge on any atom is 0.173 e. The van der Waals surface area contributed by atoms with E-state index >= 15 is 0 Å². The van der Waals surface area contributed by atoms with Gasteiger partial charge in [-0.2, -0.15) is 4.68 Å². The van der Waals surface area contributed by atoms with Crippen molar-refractivity contribution in [2.75, 3.05) is 6.54 Å². The van der Waals surface area contributed by atoms with Gasteiger partial charge in [0.1, 0.15) is 0 Å². The Morgan fingerprint density at radius 1 is 1.32 bits per heavy atom. The Balaban J connectivity index is 2.22. The number of nitrogens with zero attached hydrogens (tertiary/aromatic N) is 4. The molecular weight excluding hydrogens is 353 g/mol. The van der Waals surface area contributed by atoms with Crippen LogP contribution in [-0.2, 0) is 0 Å². The minimum Gasteiger partial charge on any atom is -0.307 e. The van der Waals surface area contributed by atoms with Gasteiger partial charge in [0.15, 0.2) is 5.82 Å². The number of benzene rings is 1. The molecule has 1 atom stereocenters. The molecule has 0 aliphatic rings. The maximum absolute atomic E-state index is 4.14. The van der Waals surface area contributed by atoms with Gasteiger partial charge in [-0.25, -0.2) is 0 Å². The molecule has 0 saturated heterocycles. The first-order chi connectivity index (χ1) is 9.08. The zero-order valence-corrected chi connectivity index (χ0v) is 13.5. The lowest BCUT2D eigenvalue weighted by Gasteiger charge is -2.15. The van der Waals surface area contributed by atoms with E-state index in [1.807, 2.05) is 12.1 Å². The average Bonchev–Trinajstić information content (AvgIpc) is 2.85. The molecule has 0 fully saturated rings. The first-order valence-electron chi connectivity index (χ1n) is 6.35. The molecule has 2 rings (SSSR count). The lowest BCUT2D eigenvalue weighted by atomic mass is 10.2. The Hall–Kier alpha value is -1.02. The summed E-state index contributed by atoms with van der Waals surface area (Å²) in [6, 6.07) is 8.26. The van der Waals surface area contributed by atoms with Crippen LogP contribution in [0.25, 0.3) is 5.69 Å². The lowest BCUT2D eigenvalue weighted by Crippen LogP contribution is -2.25. The monoisotopic (exact) mass is 371 g/mol. The van der Waals surface area contributed by atoms with Crippen molar-refractivity contribution < 1.29 is 0 Å². The van der Waals surface area contributed by atoms with Crippen molar-refractivity contribution in [2.45, 2.75) is 26.8 Å². The number of nitrogens with one attached hydrogen (secondary N) is 1. The Labute approximate surface area is 126 Å². The summed E-state index contributed by atoms with van der Waals surface area (Å²) in [6.45, 7) is 7.39. The van der Waals surface area contributed by atoms with Crippen molar-refractivity contribution in [2.24, 2.45) is 5.92 Å². The Morgan fingerprint density at radius 3 is 2.79 bits per heavy atom. The summed E-state index contributed by atoms with van der Waals surface area (Å²) in [6.07, 6.45) is 0. The molecule has 0 saturated carbocycles. The third kappa shape index (κ3) is 3.73. The SMILES string of the molecule is CC(C)CNC(C)c1nnnn1-c1cccc(I)c1. The highest BCUT2D eigenvalue weighted by Crippen LogP contribution is 2.16. The van der Waals surface area contributed by atoms with E-state index in [1.165, 1.54) is 3.57 Å². The van der Waals surface area contributed by atoms with Crippen LogP contribution >= 0.6 is 22.6 Å². The van der Waals surface area contributed by atoms with Crippen molar-refractivity contribution >= 4 is 22.6 Å². The fourth-order valence-electron chi connectivity index (χ4n) is 1.76. The van der Waals surface area contributed by atoms with Gasteiger partial charge in [0.2, 0.25) is 0 Å². The standard InChI is InChI=1S/C13H18IN5/c1-9(2)8-15-10(3)13-16-17-18-19(13)12-6-4-5-11(14)7-12/h4-7,9-10,15H,8H2,1-3H3. The molecule has 0 bridgehead atoms. The summed E-state index contributed by atoms with van der Waals surface area (Å²) in [7, 11) is 0. The van der Waals surface area contributed by atoms with Gasteiger partial charge in [0.25, 0.3) is 0 Å². The molecule has 0 aliphatic carbocycles. The van der Waals surface area contributed by atoms with Crippen LogP contribution < -0.4 is 5.32 Å². The smallest absolute Gasteiger partial charge is 0.173 e. The highest BCUT2D eigenvalue weighted by atomic mass is 127. The van der Waals surface area contributed by atoms with Crippen molar-refractivity contribution in [1.29, 1.82) is 0 Å². The van der Waals surface area contributed by atoms with E-state index in [1.54, 1.807) is 4.68 Å². The molecule has 1 heterocycles. The molecule has 0 amide bonds. The fourth-order valence-corrected chi connectivity index (χ4v) is 2.29. The van der Waals surface area contributed by atoms with Crippen molar-refractivity contribution in [1.82, 2.24) is 25.5 Å². The zero-order chi connectivity index (χ0) is 13.8.